The highest BCUT2D eigenvalue weighted by atomic mass is 19.1. The summed E-state index contributed by atoms with van der Waals surface area (Å²) in [6.07, 6.45) is 4.69. The number of ether oxygens (including phenoxy) is 2. The molecule has 4 heterocycles. The Labute approximate surface area is 199 Å². The Morgan fingerprint density at radius 1 is 1.00 bits per heavy atom. The number of anilines is 1. The molecular weight excluding hydrogens is 453 g/mol. The second kappa shape index (κ2) is 8.86. The van der Waals surface area contributed by atoms with E-state index in [2.05, 4.69) is 30.2 Å². The number of hydrogen-bond acceptors (Lipinski definition) is 7. The molecule has 176 valence electrons. The summed E-state index contributed by atoms with van der Waals surface area (Å²) in [5.74, 6) is 1.26. The fourth-order valence-corrected chi connectivity index (χ4v) is 3.75. The number of nitrogens with zero attached hydrogens (tertiary/aromatic N) is 6. The van der Waals surface area contributed by atoms with Crippen molar-refractivity contribution in [1.29, 1.82) is 0 Å². The van der Waals surface area contributed by atoms with Crippen LogP contribution in [-0.2, 0) is 4.74 Å². The van der Waals surface area contributed by atoms with Crippen LogP contribution in [0.1, 0.15) is 5.82 Å². The molecule has 0 spiro atoms. The van der Waals surface area contributed by atoms with Gasteiger partial charge in [0, 0.05) is 29.6 Å². The second-order valence-electron chi connectivity index (χ2n) is 7.56. The van der Waals surface area contributed by atoms with Gasteiger partial charge in [0.1, 0.15) is 17.3 Å². The maximum atomic E-state index is 14.0. The van der Waals surface area contributed by atoms with E-state index in [0.717, 1.165) is 22.5 Å². The number of benzene rings is 1. The standard InChI is InChI=1S/C24H20FN7O3/c1-14-29-30-23(32(14)17-6-7-18(25)20(10-17)34-2)16-5-9-22-27-12-19(31(22)13-16)15-4-8-21(26-11-15)28-24(33)35-3/h4-13H,1-3H3,(H,26,28,33). The number of fused-ring (bicyclic) bond motifs is 1. The molecule has 35 heavy (non-hydrogen) atoms. The molecule has 0 saturated carbocycles. The summed E-state index contributed by atoms with van der Waals surface area (Å²) in [6, 6.07) is 11.9. The van der Waals surface area contributed by atoms with E-state index in [9.17, 15) is 9.18 Å². The topological polar surface area (TPSA) is 108 Å². The van der Waals surface area contributed by atoms with Crippen LogP contribution >= 0.6 is 0 Å². The summed E-state index contributed by atoms with van der Waals surface area (Å²) in [5.41, 5.74) is 3.77. The Morgan fingerprint density at radius 2 is 1.83 bits per heavy atom. The number of aromatic nitrogens is 6. The Balaban J connectivity index is 1.56. The molecule has 1 N–H and O–H groups in total. The fourth-order valence-electron chi connectivity index (χ4n) is 3.75. The molecule has 0 bridgehead atoms. The predicted octanol–water partition coefficient (Wildman–Crippen LogP) is 4.28. The van der Waals surface area contributed by atoms with Crippen LogP contribution in [0.2, 0.25) is 0 Å². The van der Waals surface area contributed by atoms with Crippen molar-refractivity contribution < 1.29 is 18.7 Å². The van der Waals surface area contributed by atoms with Crippen LogP contribution in [0.5, 0.6) is 5.75 Å². The molecule has 0 aliphatic heterocycles. The third kappa shape index (κ3) is 4.03. The van der Waals surface area contributed by atoms with E-state index in [4.69, 9.17) is 4.74 Å². The lowest BCUT2D eigenvalue weighted by Crippen LogP contribution is -2.11. The van der Waals surface area contributed by atoms with Gasteiger partial charge in [-0.3, -0.25) is 14.3 Å². The first kappa shape index (κ1) is 22.0. The highest BCUT2D eigenvalue weighted by Gasteiger charge is 2.17. The maximum absolute atomic E-state index is 14.0. The molecule has 0 aliphatic rings. The van der Waals surface area contributed by atoms with E-state index in [1.54, 1.807) is 30.6 Å². The summed E-state index contributed by atoms with van der Waals surface area (Å²) < 4.78 is 27.5. The number of pyridine rings is 2. The second-order valence-corrected chi connectivity index (χ2v) is 7.56. The average Bonchev–Trinajstić information content (AvgIpc) is 3.48. The minimum absolute atomic E-state index is 0.131. The first-order valence-electron chi connectivity index (χ1n) is 10.5. The van der Waals surface area contributed by atoms with Crippen molar-refractivity contribution in [3.63, 3.8) is 0 Å². The van der Waals surface area contributed by atoms with Crippen LogP contribution in [0.15, 0.2) is 61.1 Å². The van der Waals surface area contributed by atoms with Crippen molar-refractivity contribution >= 4 is 17.6 Å². The molecule has 1 amide bonds. The van der Waals surface area contributed by atoms with Crippen LogP contribution in [0, 0.1) is 12.7 Å². The summed E-state index contributed by atoms with van der Waals surface area (Å²) in [4.78, 5) is 20.1. The van der Waals surface area contributed by atoms with Crippen molar-refractivity contribution in [2.75, 3.05) is 19.5 Å². The minimum atomic E-state index is -0.595. The number of carbonyl (C=O) groups is 1. The van der Waals surface area contributed by atoms with Gasteiger partial charge in [-0.05, 0) is 43.3 Å². The molecule has 0 aliphatic carbocycles. The first-order chi connectivity index (χ1) is 17.0. The number of hydrogen-bond donors (Lipinski definition) is 1. The summed E-state index contributed by atoms with van der Waals surface area (Å²) in [6.45, 7) is 1.82. The van der Waals surface area contributed by atoms with E-state index in [-0.39, 0.29) is 5.75 Å². The summed E-state index contributed by atoms with van der Waals surface area (Å²) in [5, 5.41) is 11.1. The van der Waals surface area contributed by atoms with Crippen LogP contribution in [0.4, 0.5) is 15.0 Å². The van der Waals surface area contributed by atoms with Gasteiger partial charge in [-0.1, -0.05) is 0 Å². The van der Waals surface area contributed by atoms with Crippen molar-refractivity contribution in [3.8, 4) is 34.1 Å². The largest absolute Gasteiger partial charge is 0.494 e. The molecule has 11 heteroatoms. The molecular formula is C24H20FN7O3. The highest BCUT2D eigenvalue weighted by Crippen LogP contribution is 2.28. The van der Waals surface area contributed by atoms with Crippen molar-refractivity contribution in [1.82, 2.24) is 29.1 Å². The fraction of sp³-hybridized carbons (Fsp3) is 0.125. The van der Waals surface area contributed by atoms with E-state index in [1.807, 2.05) is 40.3 Å². The number of carbonyl (C=O) groups excluding carboxylic acids is 1. The Morgan fingerprint density at radius 3 is 2.57 bits per heavy atom. The third-order valence-corrected chi connectivity index (χ3v) is 5.46. The molecule has 0 saturated heterocycles. The zero-order chi connectivity index (χ0) is 24.5. The number of nitrogens with one attached hydrogen (secondary N) is 1. The zero-order valence-corrected chi connectivity index (χ0v) is 19.1. The molecule has 0 unspecified atom stereocenters. The Bertz CT molecular complexity index is 1540. The monoisotopic (exact) mass is 473 g/mol. The van der Waals surface area contributed by atoms with Crippen LogP contribution in [-0.4, -0.2) is 49.4 Å². The maximum Gasteiger partial charge on any atom is 0.412 e. The number of imidazole rings is 1. The SMILES string of the molecule is COC(=O)Nc1ccc(-c2cnc3ccc(-c4nnc(C)n4-c4ccc(F)c(OC)c4)cn23)cn1. The van der Waals surface area contributed by atoms with Gasteiger partial charge in [0.05, 0.1) is 31.8 Å². The molecule has 4 aromatic heterocycles. The van der Waals surface area contributed by atoms with E-state index < -0.39 is 11.9 Å². The van der Waals surface area contributed by atoms with Gasteiger partial charge in [-0.2, -0.15) is 0 Å². The van der Waals surface area contributed by atoms with Gasteiger partial charge < -0.3 is 9.47 Å². The average molecular weight is 473 g/mol. The van der Waals surface area contributed by atoms with Crippen molar-refractivity contribution in [2.45, 2.75) is 6.92 Å². The molecule has 0 radical (unpaired) electrons. The molecule has 5 rings (SSSR count). The van der Waals surface area contributed by atoms with Gasteiger partial charge in [0.15, 0.2) is 17.4 Å². The molecule has 10 nitrogen and oxygen atoms in total. The van der Waals surface area contributed by atoms with Crippen molar-refractivity contribution in [2.24, 2.45) is 0 Å². The molecule has 5 aromatic rings. The van der Waals surface area contributed by atoms with Gasteiger partial charge >= 0.3 is 6.09 Å². The number of amides is 1. The molecule has 0 atom stereocenters. The zero-order valence-electron chi connectivity index (χ0n) is 19.1. The lowest BCUT2D eigenvalue weighted by Gasteiger charge is -2.11. The number of methoxy groups -OCH3 is 2. The van der Waals surface area contributed by atoms with Gasteiger partial charge in [0.2, 0.25) is 0 Å². The van der Waals surface area contributed by atoms with Gasteiger partial charge in [0.25, 0.3) is 0 Å². The van der Waals surface area contributed by atoms with E-state index in [0.29, 0.717) is 23.2 Å². The van der Waals surface area contributed by atoms with E-state index >= 15 is 0 Å². The lowest BCUT2D eigenvalue weighted by molar-refractivity contribution is 0.187. The molecule has 1 aromatic carbocycles. The predicted molar refractivity (Wildman–Crippen MR) is 126 cm³/mol. The summed E-state index contributed by atoms with van der Waals surface area (Å²) >= 11 is 0. The highest BCUT2D eigenvalue weighted by molar-refractivity contribution is 5.83. The molecule has 0 fully saturated rings. The van der Waals surface area contributed by atoms with Crippen LogP contribution < -0.4 is 10.1 Å². The number of rotatable bonds is 5. The Kier molecular flexibility index (Phi) is 5.57. The normalized spacial score (nSPS) is 11.0. The minimum Gasteiger partial charge on any atom is -0.494 e. The smallest absolute Gasteiger partial charge is 0.412 e. The Hall–Kier alpha value is -4.80. The quantitative estimate of drug-likeness (QED) is 0.406. The van der Waals surface area contributed by atoms with Crippen LogP contribution in [0.25, 0.3) is 34.0 Å². The van der Waals surface area contributed by atoms with Crippen molar-refractivity contribution in [3.05, 3.63) is 72.7 Å². The third-order valence-electron chi connectivity index (χ3n) is 5.46. The first-order valence-corrected chi connectivity index (χ1v) is 10.5. The number of aryl methyl sites for hydroxylation is 1. The lowest BCUT2D eigenvalue weighted by atomic mass is 10.2. The van der Waals surface area contributed by atoms with Crippen LogP contribution in [0.3, 0.4) is 0 Å². The van der Waals surface area contributed by atoms with Gasteiger partial charge in [-0.25, -0.2) is 19.2 Å². The number of halogens is 1. The summed E-state index contributed by atoms with van der Waals surface area (Å²) in [7, 11) is 2.71. The van der Waals surface area contributed by atoms with E-state index in [1.165, 1.54) is 20.3 Å². The van der Waals surface area contributed by atoms with Gasteiger partial charge in [-0.15, -0.1) is 10.2 Å².